The van der Waals surface area contributed by atoms with Crippen LogP contribution in [0.4, 0.5) is 10.1 Å². The van der Waals surface area contributed by atoms with Crippen molar-refractivity contribution in [1.82, 2.24) is 0 Å². The van der Waals surface area contributed by atoms with Gasteiger partial charge in [0, 0.05) is 11.6 Å². The molecule has 1 rings (SSSR count). The van der Waals surface area contributed by atoms with E-state index in [9.17, 15) is 27.7 Å². The topological polar surface area (TPSA) is 104 Å². The van der Waals surface area contributed by atoms with E-state index in [-0.39, 0.29) is 5.56 Å². The highest BCUT2D eigenvalue weighted by molar-refractivity contribution is 7.90. The van der Waals surface area contributed by atoms with Crippen LogP contribution >= 0.6 is 0 Å². The number of ether oxygens (including phenoxy) is 1. The number of sulfone groups is 1. The van der Waals surface area contributed by atoms with Crippen molar-refractivity contribution in [2.45, 2.75) is 12.7 Å². The Kier molecular flexibility index (Phi) is 5.36. The molecular formula is C12H14FNO6S. The molecule has 0 aliphatic heterocycles. The maximum Gasteiger partial charge on any atom is 0.309 e. The predicted octanol–water partition coefficient (Wildman–Crippen LogP) is 1.46. The van der Waals surface area contributed by atoms with Crippen LogP contribution in [-0.2, 0) is 25.1 Å². The van der Waals surface area contributed by atoms with Gasteiger partial charge in [-0.3, -0.25) is 14.9 Å². The predicted molar refractivity (Wildman–Crippen MR) is 71.7 cm³/mol. The van der Waals surface area contributed by atoms with Crippen molar-refractivity contribution in [3.05, 3.63) is 39.7 Å². The highest BCUT2D eigenvalue weighted by Crippen LogP contribution is 2.22. The first kappa shape index (κ1) is 17.0. The Labute approximate surface area is 120 Å². The molecule has 0 bridgehead atoms. The number of esters is 1. The first-order chi connectivity index (χ1) is 9.66. The van der Waals surface area contributed by atoms with E-state index in [1.807, 2.05) is 0 Å². The molecular weight excluding hydrogens is 305 g/mol. The Hall–Kier alpha value is -2.03. The van der Waals surface area contributed by atoms with Gasteiger partial charge in [-0.1, -0.05) is 6.92 Å². The number of carbonyl (C=O) groups is 1. The third kappa shape index (κ3) is 4.78. The largest absolute Gasteiger partial charge is 0.469 e. The summed E-state index contributed by atoms with van der Waals surface area (Å²) in [6.07, 6.45) is 0. The molecule has 0 saturated carbocycles. The smallest absolute Gasteiger partial charge is 0.309 e. The van der Waals surface area contributed by atoms with Gasteiger partial charge in [-0.25, -0.2) is 12.8 Å². The first-order valence-electron chi connectivity index (χ1n) is 5.87. The lowest BCUT2D eigenvalue weighted by Crippen LogP contribution is -2.23. The van der Waals surface area contributed by atoms with Gasteiger partial charge in [0.25, 0.3) is 5.69 Å². The second-order valence-electron chi connectivity index (χ2n) is 4.51. The van der Waals surface area contributed by atoms with Crippen LogP contribution in [-0.4, -0.2) is 32.2 Å². The van der Waals surface area contributed by atoms with Gasteiger partial charge in [-0.15, -0.1) is 0 Å². The number of rotatable bonds is 6. The highest BCUT2D eigenvalue weighted by atomic mass is 32.2. The van der Waals surface area contributed by atoms with E-state index < -0.39 is 49.7 Å². The summed E-state index contributed by atoms with van der Waals surface area (Å²) < 4.78 is 41.5. The minimum Gasteiger partial charge on any atom is -0.469 e. The van der Waals surface area contributed by atoms with E-state index in [2.05, 4.69) is 4.74 Å². The average Bonchev–Trinajstić information content (AvgIpc) is 2.36. The molecule has 1 atom stereocenters. The SMILES string of the molecule is COC(=O)C(C)CS(=O)(=O)Cc1cc(F)ccc1[N+](=O)[O-]. The summed E-state index contributed by atoms with van der Waals surface area (Å²) in [7, 11) is -2.71. The Morgan fingerprint density at radius 2 is 2.10 bits per heavy atom. The maximum atomic E-state index is 13.1. The number of hydrogen-bond acceptors (Lipinski definition) is 6. The summed E-state index contributed by atoms with van der Waals surface area (Å²) in [6.45, 7) is 1.36. The average molecular weight is 319 g/mol. The molecule has 0 aliphatic rings. The Bertz CT molecular complexity index is 658. The molecule has 1 aromatic rings. The molecule has 0 aromatic heterocycles. The van der Waals surface area contributed by atoms with Gasteiger partial charge in [0.2, 0.25) is 0 Å². The minimum absolute atomic E-state index is 0.253. The lowest BCUT2D eigenvalue weighted by Gasteiger charge is -2.10. The van der Waals surface area contributed by atoms with Crippen molar-refractivity contribution in [3.8, 4) is 0 Å². The Morgan fingerprint density at radius 1 is 1.48 bits per heavy atom. The molecule has 0 spiro atoms. The normalized spacial score (nSPS) is 12.7. The van der Waals surface area contributed by atoms with Crippen molar-refractivity contribution >= 4 is 21.5 Å². The summed E-state index contributed by atoms with van der Waals surface area (Å²) in [5.74, 6) is -3.64. The van der Waals surface area contributed by atoms with Gasteiger partial charge in [0.1, 0.15) is 5.82 Å². The quantitative estimate of drug-likeness (QED) is 0.446. The van der Waals surface area contributed by atoms with Crippen LogP contribution in [0.1, 0.15) is 12.5 Å². The van der Waals surface area contributed by atoms with Gasteiger partial charge >= 0.3 is 5.97 Å². The number of carbonyl (C=O) groups excluding carboxylic acids is 1. The molecule has 1 unspecified atom stereocenters. The summed E-state index contributed by atoms with van der Waals surface area (Å²) in [5.41, 5.74) is -0.734. The zero-order valence-electron chi connectivity index (χ0n) is 11.4. The second-order valence-corrected chi connectivity index (χ2v) is 6.62. The third-order valence-corrected chi connectivity index (χ3v) is 4.48. The van der Waals surface area contributed by atoms with Crippen molar-refractivity contribution < 1.29 is 27.3 Å². The van der Waals surface area contributed by atoms with Gasteiger partial charge in [-0.2, -0.15) is 0 Å². The lowest BCUT2D eigenvalue weighted by atomic mass is 10.2. The summed E-state index contributed by atoms with van der Waals surface area (Å²) in [5, 5.41) is 10.8. The molecule has 0 radical (unpaired) electrons. The van der Waals surface area contributed by atoms with Crippen molar-refractivity contribution in [3.63, 3.8) is 0 Å². The van der Waals surface area contributed by atoms with Gasteiger partial charge in [0.05, 0.1) is 29.5 Å². The van der Waals surface area contributed by atoms with Gasteiger partial charge < -0.3 is 4.74 Å². The molecule has 116 valence electrons. The van der Waals surface area contributed by atoms with E-state index in [0.29, 0.717) is 0 Å². The van der Waals surface area contributed by atoms with Crippen LogP contribution in [0.2, 0.25) is 0 Å². The number of hydrogen-bond donors (Lipinski definition) is 0. The lowest BCUT2D eigenvalue weighted by molar-refractivity contribution is -0.385. The Balaban J connectivity index is 3.02. The fraction of sp³-hybridized carbons (Fsp3) is 0.417. The molecule has 21 heavy (non-hydrogen) atoms. The van der Waals surface area contributed by atoms with Crippen LogP contribution in [0.5, 0.6) is 0 Å². The van der Waals surface area contributed by atoms with Crippen LogP contribution in [0.3, 0.4) is 0 Å². The molecule has 0 saturated heterocycles. The molecule has 0 fully saturated rings. The standard InChI is InChI=1S/C12H14FNO6S/c1-8(12(15)20-2)6-21(18,19)7-9-5-10(13)3-4-11(9)14(16)17/h3-5,8H,6-7H2,1-2H3. The van der Waals surface area contributed by atoms with Gasteiger partial charge in [-0.05, 0) is 12.1 Å². The number of nitrogens with zero attached hydrogens (tertiary/aromatic N) is 1. The number of nitro groups is 1. The molecule has 7 nitrogen and oxygen atoms in total. The first-order valence-corrected chi connectivity index (χ1v) is 7.69. The number of halogens is 1. The molecule has 0 N–H and O–H groups in total. The van der Waals surface area contributed by atoms with E-state index in [4.69, 9.17) is 0 Å². The van der Waals surface area contributed by atoms with Crippen LogP contribution in [0, 0.1) is 21.8 Å². The molecule has 0 heterocycles. The third-order valence-electron chi connectivity index (χ3n) is 2.72. The van der Waals surface area contributed by atoms with E-state index in [1.165, 1.54) is 6.92 Å². The minimum atomic E-state index is -3.83. The van der Waals surface area contributed by atoms with Crippen molar-refractivity contribution in [2.75, 3.05) is 12.9 Å². The molecule has 9 heteroatoms. The zero-order valence-corrected chi connectivity index (χ0v) is 12.2. The Morgan fingerprint density at radius 3 is 2.62 bits per heavy atom. The molecule has 0 aliphatic carbocycles. The molecule has 0 amide bonds. The highest BCUT2D eigenvalue weighted by Gasteiger charge is 2.26. The summed E-state index contributed by atoms with van der Waals surface area (Å²) in [6, 6.07) is 2.59. The fourth-order valence-electron chi connectivity index (χ4n) is 1.79. The van der Waals surface area contributed by atoms with Crippen molar-refractivity contribution in [1.29, 1.82) is 0 Å². The van der Waals surface area contributed by atoms with Crippen LogP contribution in [0.15, 0.2) is 18.2 Å². The van der Waals surface area contributed by atoms with E-state index in [0.717, 1.165) is 25.3 Å². The monoisotopic (exact) mass is 319 g/mol. The summed E-state index contributed by atoms with van der Waals surface area (Å²) in [4.78, 5) is 21.2. The van der Waals surface area contributed by atoms with E-state index in [1.54, 1.807) is 0 Å². The van der Waals surface area contributed by atoms with Gasteiger partial charge in [0.15, 0.2) is 9.84 Å². The number of methoxy groups -OCH3 is 1. The number of nitro benzene ring substituents is 1. The maximum absolute atomic E-state index is 13.1. The zero-order chi connectivity index (χ0) is 16.2. The fourth-order valence-corrected chi connectivity index (χ4v) is 3.51. The molecule has 1 aromatic carbocycles. The van der Waals surface area contributed by atoms with E-state index >= 15 is 0 Å². The van der Waals surface area contributed by atoms with Crippen LogP contribution < -0.4 is 0 Å². The number of benzene rings is 1. The van der Waals surface area contributed by atoms with Crippen molar-refractivity contribution in [2.24, 2.45) is 5.92 Å². The summed E-state index contributed by atoms with van der Waals surface area (Å²) >= 11 is 0. The van der Waals surface area contributed by atoms with Crippen LogP contribution in [0.25, 0.3) is 0 Å². The second kappa shape index (κ2) is 6.61.